The highest BCUT2D eigenvalue weighted by atomic mass is 16.8. The molecule has 0 saturated carbocycles. The van der Waals surface area contributed by atoms with Crippen LogP contribution in [0.1, 0.15) is 19.4 Å². The van der Waals surface area contributed by atoms with Crippen molar-refractivity contribution in [2.45, 2.75) is 25.7 Å². The van der Waals surface area contributed by atoms with Crippen LogP contribution in [0.3, 0.4) is 0 Å². The fraction of sp³-hybridized carbons (Fsp3) is 0.267. The van der Waals surface area contributed by atoms with Crippen LogP contribution < -0.4 is 0 Å². The minimum Gasteiger partial charge on any atom is -0.427 e. The minimum absolute atomic E-state index is 0.314. The van der Waals surface area contributed by atoms with Crippen LogP contribution >= 0.6 is 0 Å². The van der Waals surface area contributed by atoms with Crippen molar-refractivity contribution in [1.29, 1.82) is 0 Å². The smallest absolute Gasteiger partial charge is 0.337 e. The number of ether oxygens (including phenoxy) is 2. The molecule has 0 amide bonds. The van der Waals surface area contributed by atoms with Crippen LogP contribution in [0.15, 0.2) is 42.5 Å². The van der Waals surface area contributed by atoms with Gasteiger partial charge in [0.2, 0.25) is 5.79 Å². The molecule has 2 atom stereocenters. The minimum atomic E-state index is -0.989. The zero-order chi connectivity index (χ0) is 12.8. The van der Waals surface area contributed by atoms with Crippen LogP contribution in [0.4, 0.5) is 0 Å². The van der Waals surface area contributed by atoms with Crippen molar-refractivity contribution in [3.63, 3.8) is 0 Å². The second-order valence-electron chi connectivity index (χ2n) is 4.65. The van der Waals surface area contributed by atoms with Gasteiger partial charge in [-0.2, -0.15) is 0 Å². The number of hydrogen-bond acceptors (Lipinski definition) is 3. The van der Waals surface area contributed by atoms with E-state index in [9.17, 15) is 4.79 Å². The standard InChI is InChI=1S/C15H14O3/c1-10-14(16)18-15(2,17-10)13-9-5-7-11-6-3-4-8-12(11)13/h3-10H,1-2H3/t10-,15-/m0/s1. The van der Waals surface area contributed by atoms with Crippen molar-refractivity contribution in [2.24, 2.45) is 0 Å². The molecule has 18 heavy (non-hydrogen) atoms. The topological polar surface area (TPSA) is 35.5 Å². The monoisotopic (exact) mass is 242 g/mol. The lowest BCUT2D eigenvalue weighted by atomic mass is 9.99. The van der Waals surface area contributed by atoms with Gasteiger partial charge in [-0.3, -0.25) is 0 Å². The van der Waals surface area contributed by atoms with Gasteiger partial charge in [0.25, 0.3) is 0 Å². The molecule has 1 heterocycles. The Morgan fingerprint density at radius 3 is 2.56 bits per heavy atom. The van der Waals surface area contributed by atoms with Crippen LogP contribution in [-0.4, -0.2) is 12.1 Å². The molecule has 3 nitrogen and oxygen atoms in total. The molecule has 0 N–H and O–H groups in total. The Kier molecular flexibility index (Phi) is 2.38. The van der Waals surface area contributed by atoms with Crippen LogP contribution in [0.2, 0.25) is 0 Å². The Balaban J connectivity index is 2.18. The number of esters is 1. The molecule has 0 aliphatic carbocycles. The Morgan fingerprint density at radius 1 is 1.11 bits per heavy atom. The van der Waals surface area contributed by atoms with E-state index in [0.717, 1.165) is 16.3 Å². The van der Waals surface area contributed by atoms with Gasteiger partial charge in [0.1, 0.15) is 0 Å². The summed E-state index contributed by atoms with van der Waals surface area (Å²) in [5.41, 5.74) is 0.887. The van der Waals surface area contributed by atoms with Gasteiger partial charge in [-0.25, -0.2) is 4.79 Å². The van der Waals surface area contributed by atoms with Crippen LogP contribution in [0.25, 0.3) is 10.8 Å². The first-order valence-corrected chi connectivity index (χ1v) is 5.99. The fourth-order valence-corrected chi connectivity index (χ4v) is 2.42. The second kappa shape index (κ2) is 3.82. The molecule has 92 valence electrons. The highest BCUT2D eigenvalue weighted by Gasteiger charge is 2.44. The SMILES string of the molecule is C[C@@H]1O[C@](C)(c2cccc3ccccc23)OC1=O. The number of benzene rings is 2. The molecule has 1 saturated heterocycles. The molecule has 0 unspecified atom stereocenters. The van der Waals surface area contributed by atoms with Crippen molar-refractivity contribution < 1.29 is 14.3 Å². The summed E-state index contributed by atoms with van der Waals surface area (Å²) in [5, 5.41) is 2.15. The summed E-state index contributed by atoms with van der Waals surface area (Å²) in [4.78, 5) is 11.6. The Morgan fingerprint density at radius 2 is 1.83 bits per heavy atom. The number of rotatable bonds is 1. The molecule has 3 rings (SSSR count). The lowest BCUT2D eigenvalue weighted by molar-refractivity contribution is -0.172. The van der Waals surface area contributed by atoms with E-state index in [1.54, 1.807) is 13.8 Å². The van der Waals surface area contributed by atoms with E-state index >= 15 is 0 Å². The van der Waals surface area contributed by atoms with E-state index in [4.69, 9.17) is 9.47 Å². The summed E-state index contributed by atoms with van der Waals surface area (Å²) in [6, 6.07) is 13.9. The predicted molar refractivity (Wildman–Crippen MR) is 67.9 cm³/mol. The predicted octanol–water partition coefficient (Wildman–Crippen LogP) is 2.97. The van der Waals surface area contributed by atoms with Crippen LogP contribution in [0.5, 0.6) is 0 Å². The average Bonchev–Trinajstić information content (AvgIpc) is 2.63. The molecule has 2 aromatic rings. The summed E-state index contributed by atoms with van der Waals surface area (Å²) in [6.07, 6.45) is -0.519. The number of hydrogen-bond donors (Lipinski definition) is 0. The highest BCUT2D eigenvalue weighted by Crippen LogP contribution is 2.37. The van der Waals surface area contributed by atoms with Crippen molar-refractivity contribution in [1.82, 2.24) is 0 Å². The molecule has 0 bridgehead atoms. The highest BCUT2D eigenvalue weighted by molar-refractivity contribution is 5.87. The molecule has 1 fully saturated rings. The zero-order valence-electron chi connectivity index (χ0n) is 10.3. The van der Waals surface area contributed by atoms with E-state index in [2.05, 4.69) is 0 Å². The van der Waals surface area contributed by atoms with E-state index < -0.39 is 11.9 Å². The van der Waals surface area contributed by atoms with E-state index in [0.29, 0.717) is 0 Å². The fourth-order valence-electron chi connectivity index (χ4n) is 2.42. The quantitative estimate of drug-likeness (QED) is 0.721. The Hall–Kier alpha value is -1.87. The van der Waals surface area contributed by atoms with Crippen molar-refractivity contribution in [2.75, 3.05) is 0 Å². The third kappa shape index (κ3) is 1.59. The molecule has 2 aromatic carbocycles. The number of carbonyl (C=O) groups excluding carboxylic acids is 1. The zero-order valence-corrected chi connectivity index (χ0v) is 10.3. The Labute approximate surface area is 105 Å². The first-order chi connectivity index (χ1) is 8.60. The maximum absolute atomic E-state index is 11.6. The summed E-state index contributed by atoms with van der Waals surface area (Å²) >= 11 is 0. The molecular formula is C15H14O3. The number of carbonyl (C=O) groups is 1. The first kappa shape index (κ1) is 11.2. The third-order valence-corrected chi connectivity index (χ3v) is 3.31. The van der Waals surface area contributed by atoms with E-state index in [1.807, 2.05) is 42.5 Å². The lowest BCUT2D eigenvalue weighted by Crippen LogP contribution is -2.23. The Bertz CT molecular complexity index is 615. The van der Waals surface area contributed by atoms with Crippen LogP contribution in [-0.2, 0) is 20.1 Å². The maximum Gasteiger partial charge on any atom is 0.337 e. The van der Waals surface area contributed by atoms with Gasteiger partial charge in [0.05, 0.1) is 0 Å². The molecule has 0 radical (unpaired) electrons. The van der Waals surface area contributed by atoms with Gasteiger partial charge < -0.3 is 9.47 Å². The lowest BCUT2D eigenvalue weighted by Gasteiger charge is -2.23. The van der Waals surface area contributed by atoms with E-state index in [1.165, 1.54) is 0 Å². The molecule has 1 aliphatic heterocycles. The molecule has 0 aromatic heterocycles. The van der Waals surface area contributed by atoms with Crippen LogP contribution in [0, 0.1) is 0 Å². The molecular weight excluding hydrogens is 228 g/mol. The second-order valence-corrected chi connectivity index (χ2v) is 4.65. The molecule has 3 heteroatoms. The van der Waals surface area contributed by atoms with Crippen molar-refractivity contribution >= 4 is 16.7 Å². The molecule has 1 aliphatic rings. The summed E-state index contributed by atoms with van der Waals surface area (Å²) in [6.45, 7) is 3.49. The number of cyclic esters (lactones) is 1. The largest absolute Gasteiger partial charge is 0.427 e. The van der Waals surface area contributed by atoms with Gasteiger partial charge in [0.15, 0.2) is 6.10 Å². The van der Waals surface area contributed by atoms with E-state index in [-0.39, 0.29) is 5.97 Å². The van der Waals surface area contributed by atoms with Gasteiger partial charge in [-0.1, -0.05) is 42.5 Å². The first-order valence-electron chi connectivity index (χ1n) is 5.99. The summed E-state index contributed by atoms with van der Waals surface area (Å²) in [5.74, 6) is -1.30. The molecule has 0 spiro atoms. The van der Waals surface area contributed by atoms with Crippen molar-refractivity contribution in [3.8, 4) is 0 Å². The normalized spacial score (nSPS) is 27.4. The maximum atomic E-state index is 11.6. The van der Waals surface area contributed by atoms with Crippen molar-refractivity contribution in [3.05, 3.63) is 48.0 Å². The van der Waals surface area contributed by atoms with Gasteiger partial charge in [0, 0.05) is 12.5 Å². The average molecular weight is 242 g/mol. The number of fused-ring (bicyclic) bond motifs is 1. The van der Waals surface area contributed by atoms with Gasteiger partial charge in [-0.15, -0.1) is 0 Å². The third-order valence-electron chi connectivity index (χ3n) is 3.31. The van der Waals surface area contributed by atoms with Gasteiger partial charge in [-0.05, 0) is 17.7 Å². The van der Waals surface area contributed by atoms with Gasteiger partial charge >= 0.3 is 5.97 Å². The summed E-state index contributed by atoms with van der Waals surface area (Å²) < 4.78 is 11.1. The summed E-state index contributed by atoms with van der Waals surface area (Å²) in [7, 11) is 0.